The Morgan fingerprint density at radius 3 is 2.52 bits per heavy atom. The maximum absolute atomic E-state index is 12.9. The molecule has 0 fully saturated rings. The number of pyridine rings is 1. The molecule has 2 heterocycles. The maximum Gasteiger partial charge on any atom is 0.265 e. The van der Waals surface area contributed by atoms with Crippen LogP contribution in [0.3, 0.4) is 0 Å². The molecule has 0 radical (unpaired) electrons. The highest BCUT2D eigenvalue weighted by atomic mass is 35.5. The Bertz CT molecular complexity index is 1040. The first-order valence-corrected chi connectivity index (χ1v) is 7.85. The molecule has 3 aromatic rings. The zero-order chi connectivity index (χ0) is 18.1. The van der Waals surface area contributed by atoms with Crippen molar-refractivity contribution in [3.63, 3.8) is 0 Å². The molecule has 2 aromatic heterocycles. The third-order valence-corrected chi connectivity index (χ3v) is 4.11. The summed E-state index contributed by atoms with van der Waals surface area (Å²) >= 11 is 12.3. The second-order valence-electron chi connectivity index (χ2n) is 5.19. The van der Waals surface area contributed by atoms with Gasteiger partial charge in [-0.15, -0.1) is 0 Å². The minimum atomic E-state index is -0.450. The molecule has 0 bridgehead atoms. The van der Waals surface area contributed by atoms with Crippen molar-refractivity contribution < 1.29 is 9.59 Å². The number of nitrogens with zero attached hydrogens (tertiary/aromatic N) is 3. The molecule has 0 aliphatic carbocycles. The highest BCUT2D eigenvalue weighted by Gasteiger charge is 2.20. The van der Waals surface area contributed by atoms with E-state index in [1.54, 1.807) is 18.3 Å². The number of rotatable bonds is 2. The SMILES string of the molecule is CC(=O)Nc1nccc2c1ccn2C(=O)c1c(Cl)cc(C#N)cc1Cl. The fourth-order valence-electron chi connectivity index (χ4n) is 2.47. The monoisotopic (exact) mass is 372 g/mol. The standard InChI is InChI=1S/C17H10Cl2N4O2/c1-9(24)22-16-11-3-5-23(14(11)2-4-21-16)17(25)15-12(18)6-10(8-20)7-13(15)19/h2-7H,1H3,(H,21,22,24). The van der Waals surface area contributed by atoms with Crippen molar-refractivity contribution in [1.29, 1.82) is 5.26 Å². The Hall–Kier alpha value is -2.88. The third kappa shape index (κ3) is 3.07. The van der Waals surface area contributed by atoms with Gasteiger partial charge in [-0.05, 0) is 24.3 Å². The van der Waals surface area contributed by atoms with E-state index in [4.69, 9.17) is 28.5 Å². The van der Waals surface area contributed by atoms with Crippen molar-refractivity contribution in [2.24, 2.45) is 0 Å². The lowest BCUT2D eigenvalue weighted by atomic mass is 10.1. The Labute approximate surface area is 152 Å². The van der Waals surface area contributed by atoms with Crippen LogP contribution in [0.4, 0.5) is 5.82 Å². The van der Waals surface area contributed by atoms with Gasteiger partial charge in [-0.3, -0.25) is 14.2 Å². The normalized spacial score (nSPS) is 10.5. The van der Waals surface area contributed by atoms with Gasteiger partial charge in [-0.2, -0.15) is 5.26 Å². The van der Waals surface area contributed by atoms with Crippen LogP contribution in [0.15, 0.2) is 36.7 Å². The van der Waals surface area contributed by atoms with Gasteiger partial charge >= 0.3 is 0 Å². The van der Waals surface area contributed by atoms with E-state index in [0.29, 0.717) is 16.7 Å². The summed E-state index contributed by atoms with van der Waals surface area (Å²) in [5.41, 5.74) is 0.902. The molecule has 0 unspecified atom stereocenters. The molecule has 1 N–H and O–H groups in total. The van der Waals surface area contributed by atoms with Gasteiger partial charge in [0.25, 0.3) is 5.91 Å². The Kier molecular flexibility index (Phi) is 4.45. The first-order valence-electron chi connectivity index (χ1n) is 7.10. The summed E-state index contributed by atoms with van der Waals surface area (Å²) in [6.07, 6.45) is 3.03. The zero-order valence-corrected chi connectivity index (χ0v) is 14.4. The van der Waals surface area contributed by atoms with E-state index in [1.165, 1.54) is 29.8 Å². The molecule has 0 aliphatic heterocycles. The molecule has 124 valence electrons. The number of anilines is 1. The topological polar surface area (TPSA) is 87.8 Å². The quantitative estimate of drug-likeness (QED) is 0.739. The van der Waals surface area contributed by atoms with Gasteiger partial charge < -0.3 is 5.32 Å². The van der Waals surface area contributed by atoms with Crippen molar-refractivity contribution in [3.8, 4) is 6.07 Å². The minimum Gasteiger partial charge on any atom is -0.310 e. The lowest BCUT2D eigenvalue weighted by Gasteiger charge is -2.09. The number of carbonyl (C=O) groups is 2. The number of halogens is 2. The Morgan fingerprint density at radius 1 is 1.24 bits per heavy atom. The number of amides is 1. The van der Waals surface area contributed by atoms with Crippen LogP contribution in [-0.2, 0) is 4.79 Å². The summed E-state index contributed by atoms with van der Waals surface area (Å²) < 4.78 is 1.36. The average Bonchev–Trinajstić information content (AvgIpc) is 2.98. The zero-order valence-electron chi connectivity index (χ0n) is 12.9. The summed E-state index contributed by atoms with van der Waals surface area (Å²) in [5, 5.41) is 12.3. The van der Waals surface area contributed by atoms with Gasteiger partial charge in [0.1, 0.15) is 5.82 Å². The van der Waals surface area contributed by atoms with E-state index in [2.05, 4.69) is 10.3 Å². The van der Waals surface area contributed by atoms with Gasteiger partial charge in [-0.1, -0.05) is 23.2 Å². The van der Waals surface area contributed by atoms with E-state index in [9.17, 15) is 9.59 Å². The van der Waals surface area contributed by atoms with Crippen LogP contribution in [0.25, 0.3) is 10.9 Å². The van der Waals surface area contributed by atoms with E-state index in [-0.39, 0.29) is 27.1 Å². The third-order valence-electron chi connectivity index (χ3n) is 3.52. The largest absolute Gasteiger partial charge is 0.310 e. The van der Waals surface area contributed by atoms with Crippen LogP contribution in [0.5, 0.6) is 0 Å². The van der Waals surface area contributed by atoms with Crippen molar-refractivity contribution >= 4 is 51.7 Å². The fraction of sp³-hybridized carbons (Fsp3) is 0.0588. The van der Waals surface area contributed by atoms with Crippen molar-refractivity contribution in [3.05, 3.63) is 57.8 Å². The number of hydrogen-bond donors (Lipinski definition) is 1. The van der Waals surface area contributed by atoms with E-state index >= 15 is 0 Å². The van der Waals surface area contributed by atoms with Gasteiger partial charge in [0, 0.05) is 24.7 Å². The van der Waals surface area contributed by atoms with Crippen LogP contribution in [0.2, 0.25) is 10.0 Å². The second-order valence-corrected chi connectivity index (χ2v) is 6.01. The molecule has 6 nitrogen and oxygen atoms in total. The minimum absolute atomic E-state index is 0.0899. The molecule has 0 aliphatic rings. The number of hydrogen-bond acceptors (Lipinski definition) is 4. The number of nitriles is 1. The molecule has 1 amide bonds. The number of carbonyl (C=O) groups excluding carboxylic acids is 2. The van der Waals surface area contributed by atoms with Crippen molar-refractivity contribution in [1.82, 2.24) is 9.55 Å². The first-order chi connectivity index (χ1) is 11.9. The van der Waals surface area contributed by atoms with Crippen molar-refractivity contribution in [2.45, 2.75) is 6.92 Å². The van der Waals surface area contributed by atoms with E-state index in [1.807, 2.05) is 6.07 Å². The highest BCUT2D eigenvalue weighted by Crippen LogP contribution is 2.30. The summed E-state index contributed by atoms with van der Waals surface area (Å²) in [7, 11) is 0. The molecule has 8 heteroatoms. The molecule has 0 spiro atoms. The van der Waals surface area contributed by atoms with Crippen molar-refractivity contribution in [2.75, 3.05) is 5.32 Å². The molecule has 3 rings (SSSR count). The predicted octanol–water partition coefficient (Wildman–Crippen LogP) is 3.86. The number of aromatic nitrogens is 2. The molecular weight excluding hydrogens is 363 g/mol. The first kappa shape index (κ1) is 17.0. The molecule has 0 saturated carbocycles. The Morgan fingerprint density at radius 2 is 1.92 bits per heavy atom. The second kappa shape index (κ2) is 6.55. The summed E-state index contributed by atoms with van der Waals surface area (Å²) in [6, 6.07) is 8.01. The molecule has 0 saturated heterocycles. The number of nitrogens with one attached hydrogen (secondary N) is 1. The number of fused-ring (bicyclic) bond motifs is 1. The average molecular weight is 373 g/mol. The Balaban J connectivity index is 2.14. The lowest BCUT2D eigenvalue weighted by Crippen LogP contribution is -2.13. The van der Waals surface area contributed by atoms with Crippen LogP contribution < -0.4 is 5.32 Å². The molecular formula is C17H10Cl2N4O2. The maximum atomic E-state index is 12.9. The summed E-state index contributed by atoms with van der Waals surface area (Å²) in [5.74, 6) is -0.361. The fourth-order valence-corrected chi connectivity index (χ4v) is 3.12. The molecule has 0 atom stereocenters. The van der Waals surface area contributed by atoms with Crippen LogP contribution >= 0.6 is 23.2 Å². The van der Waals surface area contributed by atoms with E-state index in [0.717, 1.165) is 0 Å². The number of benzene rings is 1. The molecule has 25 heavy (non-hydrogen) atoms. The van der Waals surface area contributed by atoms with E-state index < -0.39 is 5.91 Å². The lowest BCUT2D eigenvalue weighted by molar-refractivity contribution is -0.114. The summed E-state index contributed by atoms with van der Waals surface area (Å²) in [4.78, 5) is 28.3. The van der Waals surface area contributed by atoms with Gasteiger partial charge in [0.05, 0.1) is 32.8 Å². The van der Waals surface area contributed by atoms with Crippen LogP contribution in [0, 0.1) is 11.3 Å². The smallest absolute Gasteiger partial charge is 0.265 e. The molecule has 1 aromatic carbocycles. The van der Waals surface area contributed by atoms with Crippen LogP contribution in [-0.4, -0.2) is 21.4 Å². The summed E-state index contributed by atoms with van der Waals surface area (Å²) in [6.45, 7) is 1.37. The highest BCUT2D eigenvalue weighted by molar-refractivity contribution is 6.40. The van der Waals surface area contributed by atoms with Gasteiger partial charge in [0.2, 0.25) is 5.91 Å². The van der Waals surface area contributed by atoms with Gasteiger partial charge in [0.15, 0.2) is 0 Å². The predicted molar refractivity (Wildman–Crippen MR) is 94.9 cm³/mol. The van der Waals surface area contributed by atoms with Gasteiger partial charge in [-0.25, -0.2) is 4.98 Å². The van der Waals surface area contributed by atoms with Crippen LogP contribution in [0.1, 0.15) is 22.8 Å².